The van der Waals surface area contributed by atoms with Crippen LogP contribution in [0.25, 0.3) is 0 Å². The van der Waals surface area contributed by atoms with E-state index in [-0.39, 0.29) is 5.91 Å². The standard InChI is InChI=1S/C16H22ClNO3/c1-11(2)10-20-8-7-18-16(19)13(4)21-15-6-5-14(17)9-12(15)3/h5-6,9,13H,1,7-8,10H2,2-4H3,(H,18,19). The molecule has 116 valence electrons. The Morgan fingerprint density at radius 2 is 2.19 bits per heavy atom. The largest absolute Gasteiger partial charge is 0.481 e. The summed E-state index contributed by atoms with van der Waals surface area (Å²) in [4.78, 5) is 11.9. The maximum atomic E-state index is 11.9. The Morgan fingerprint density at radius 3 is 2.81 bits per heavy atom. The van der Waals surface area contributed by atoms with E-state index in [1.807, 2.05) is 13.8 Å². The lowest BCUT2D eigenvalue weighted by Crippen LogP contribution is -2.38. The topological polar surface area (TPSA) is 47.6 Å². The summed E-state index contributed by atoms with van der Waals surface area (Å²) in [5.74, 6) is 0.476. The monoisotopic (exact) mass is 311 g/mol. The predicted octanol–water partition coefficient (Wildman–Crippen LogP) is 3.12. The number of nitrogens with one attached hydrogen (secondary N) is 1. The Labute approximate surface area is 131 Å². The van der Waals surface area contributed by atoms with Crippen LogP contribution in [0.4, 0.5) is 0 Å². The van der Waals surface area contributed by atoms with Crippen molar-refractivity contribution in [2.24, 2.45) is 0 Å². The van der Waals surface area contributed by atoms with Crippen molar-refractivity contribution < 1.29 is 14.3 Å². The van der Waals surface area contributed by atoms with Crippen LogP contribution < -0.4 is 10.1 Å². The highest BCUT2D eigenvalue weighted by Gasteiger charge is 2.15. The molecular weight excluding hydrogens is 290 g/mol. The van der Waals surface area contributed by atoms with Gasteiger partial charge in [-0.05, 0) is 44.5 Å². The van der Waals surface area contributed by atoms with Gasteiger partial charge in [-0.2, -0.15) is 0 Å². The number of rotatable bonds is 8. The number of hydrogen-bond acceptors (Lipinski definition) is 3. The van der Waals surface area contributed by atoms with Crippen LogP contribution in [0.1, 0.15) is 19.4 Å². The molecule has 0 saturated carbocycles. The van der Waals surface area contributed by atoms with Crippen molar-refractivity contribution in [3.05, 3.63) is 40.9 Å². The van der Waals surface area contributed by atoms with Gasteiger partial charge in [0.2, 0.25) is 0 Å². The number of benzene rings is 1. The fourth-order valence-electron chi connectivity index (χ4n) is 1.63. The van der Waals surface area contributed by atoms with Gasteiger partial charge in [-0.1, -0.05) is 23.8 Å². The second-order valence-electron chi connectivity index (χ2n) is 4.97. The van der Waals surface area contributed by atoms with Crippen molar-refractivity contribution >= 4 is 17.5 Å². The first-order valence-corrected chi connectivity index (χ1v) is 7.20. The predicted molar refractivity (Wildman–Crippen MR) is 84.9 cm³/mol. The number of amides is 1. The number of carbonyl (C=O) groups is 1. The summed E-state index contributed by atoms with van der Waals surface area (Å²) >= 11 is 5.88. The van der Waals surface area contributed by atoms with Gasteiger partial charge < -0.3 is 14.8 Å². The van der Waals surface area contributed by atoms with Crippen LogP contribution in [0.5, 0.6) is 5.75 Å². The summed E-state index contributed by atoms with van der Waals surface area (Å²) in [5.41, 5.74) is 1.85. The van der Waals surface area contributed by atoms with E-state index in [2.05, 4.69) is 11.9 Å². The summed E-state index contributed by atoms with van der Waals surface area (Å²) in [6, 6.07) is 5.30. The van der Waals surface area contributed by atoms with Crippen molar-refractivity contribution in [3.63, 3.8) is 0 Å². The zero-order chi connectivity index (χ0) is 15.8. The van der Waals surface area contributed by atoms with E-state index in [1.165, 1.54) is 0 Å². The van der Waals surface area contributed by atoms with Crippen molar-refractivity contribution in [2.45, 2.75) is 26.9 Å². The number of ether oxygens (including phenoxy) is 2. The van der Waals surface area contributed by atoms with Gasteiger partial charge in [-0.15, -0.1) is 0 Å². The van der Waals surface area contributed by atoms with Crippen molar-refractivity contribution in [1.29, 1.82) is 0 Å². The SMILES string of the molecule is C=C(C)COCCNC(=O)C(C)Oc1ccc(Cl)cc1C. The summed E-state index contributed by atoms with van der Waals surface area (Å²) in [5, 5.41) is 3.41. The van der Waals surface area contributed by atoms with Gasteiger partial charge in [0.1, 0.15) is 5.75 Å². The molecule has 0 fully saturated rings. The Bertz CT molecular complexity index is 502. The lowest BCUT2D eigenvalue weighted by atomic mass is 10.2. The van der Waals surface area contributed by atoms with Gasteiger partial charge in [-0.3, -0.25) is 4.79 Å². The molecule has 0 spiro atoms. The zero-order valence-corrected chi connectivity index (χ0v) is 13.5. The van der Waals surface area contributed by atoms with Gasteiger partial charge in [0, 0.05) is 11.6 Å². The molecule has 1 aromatic carbocycles. The normalized spacial score (nSPS) is 11.8. The number of carbonyl (C=O) groups excluding carboxylic acids is 1. The minimum Gasteiger partial charge on any atom is -0.481 e. The molecule has 1 N–H and O–H groups in total. The fourth-order valence-corrected chi connectivity index (χ4v) is 1.85. The van der Waals surface area contributed by atoms with E-state index in [9.17, 15) is 4.79 Å². The smallest absolute Gasteiger partial charge is 0.260 e. The van der Waals surface area contributed by atoms with E-state index < -0.39 is 6.10 Å². The molecule has 0 bridgehead atoms. The summed E-state index contributed by atoms with van der Waals surface area (Å²) < 4.78 is 10.9. The quantitative estimate of drug-likeness (QED) is 0.593. The van der Waals surface area contributed by atoms with E-state index in [0.717, 1.165) is 11.1 Å². The molecular formula is C16H22ClNO3. The minimum absolute atomic E-state index is 0.178. The second kappa shape index (κ2) is 8.70. The molecule has 5 heteroatoms. The lowest BCUT2D eigenvalue weighted by Gasteiger charge is -2.16. The highest BCUT2D eigenvalue weighted by molar-refractivity contribution is 6.30. The third-order valence-corrected chi connectivity index (χ3v) is 2.94. The van der Waals surface area contributed by atoms with Gasteiger partial charge in [0.05, 0.1) is 13.2 Å². The molecule has 0 saturated heterocycles. The van der Waals surface area contributed by atoms with E-state index in [1.54, 1.807) is 25.1 Å². The summed E-state index contributed by atoms with van der Waals surface area (Å²) in [6.07, 6.45) is -0.578. The average Bonchev–Trinajstić information content (AvgIpc) is 2.40. The maximum Gasteiger partial charge on any atom is 0.260 e. The van der Waals surface area contributed by atoms with E-state index >= 15 is 0 Å². The minimum atomic E-state index is -0.578. The van der Waals surface area contributed by atoms with Crippen LogP contribution in [-0.2, 0) is 9.53 Å². The van der Waals surface area contributed by atoms with Crippen molar-refractivity contribution in [2.75, 3.05) is 19.8 Å². The first kappa shape index (κ1) is 17.5. The molecule has 0 aliphatic carbocycles. The zero-order valence-electron chi connectivity index (χ0n) is 12.7. The molecule has 1 aromatic rings. The Morgan fingerprint density at radius 1 is 1.48 bits per heavy atom. The molecule has 0 radical (unpaired) electrons. The fraction of sp³-hybridized carbons (Fsp3) is 0.438. The Hall–Kier alpha value is -1.52. The molecule has 0 aliphatic heterocycles. The number of hydrogen-bond donors (Lipinski definition) is 1. The van der Waals surface area contributed by atoms with Crippen molar-refractivity contribution in [1.82, 2.24) is 5.32 Å². The number of halogens is 1. The van der Waals surface area contributed by atoms with Crippen LogP contribution >= 0.6 is 11.6 Å². The third-order valence-electron chi connectivity index (χ3n) is 2.70. The van der Waals surface area contributed by atoms with Gasteiger partial charge in [0.15, 0.2) is 6.10 Å². The maximum absolute atomic E-state index is 11.9. The second-order valence-corrected chi connectivity index (χ2v) is 5.41. The van der Waals surface area contributed by atoms with Crippen LogP contribution in [-0.4, -0.2) is 31.8 Å². The molecule has 1 unspecified atom stereocenters. The first-order chi connectivity index (χ1) is 9.90. The molecule has 0 aliphatic rings. The molecule has 0 aromatic heterocycles. The highest BCUT2D eigenvalue weighted by atomic mass is 35.5. The van der Waals surface area contributed by atoms with Crippen LogP contribution in [0.15, 0.2) is 30.4 Å². The van der Waals surface area contributed by atoms with Gasteiger partial charge >= 0.3 is 0 Å². The van der Waals surface area contributed by atoms with Crippen molar-refractivity contribution in [3.8, 4) is 5.75 Å². The molecule has 0 heterocycles. The highest BCUT2D eigenvalue weighted by Crippen LogP contribution is 2.22. The summed E-state index contributed by atoms with van der Waals surface area (Å²) in [7, 11) is 0. The first-order valence-electron chi connectivity index (χ1n) is 6.83. The van der Waals surface area contributed by atoms with Crippen LogP contribution in [0.2, 0.25) is 5.02 Å². The molecule has 1 atom stereocenters. The van der Waals surface area contributed by atoms with Gasteiger partial charge in [-0.25, -0.2) is 0 Å². The van der Waals surface area contributed by atoms with E-state index in [4.69, 9.17) is 21.1 Å². The molecule has 1 amide bonds. The Balaban J connectivity index is 2.35. The average molecular weight is 312 g/mol. The van der Waals surface area contributed by atoms with E-state index in [0.29, 0.717) is 30.5 Å². The third kappa shape index (κ3) is 6.65. The molecule has 4 nitrogen and oxygen atoms in total. The van der Waals surface area contributed by atoms with Crippen LogP contribution in [0.3, 0.4) is 0 Å². The summed E-state index contributed by atoms with van der Waals surface area (Å²) in [6.45, 7) is 10.6. The Kier molecular flexibility index (Phi) is 7.26. The molecule has 1 rings (SSSR count). The molecule has 21 heavy (non-hydrogen) atoms. The van der Waals surface area contributed by atoms with Gasteiger partial charge in [0.25, 0.3) is 5.91 Å². The van der Waals surface area contributed by atoms with Crippen LogP contribution in [0, 0.1) is 6.92 Å². The lowest BCUT2D eigenvalue weighted by molar-refractivity contribution is -0.127. The number of aryl methyl sites for hydroxylation is 1.